The van der Waals surface area contributed by atoms with E-state index in [0.29, 0.717) is 11.0 Å². The first-order valence-corrected chi connectivity index (χ1v) is 7.41. The molecule has 1 aromatic heterocycles. The minimum atomic E-state index is -4.61. The third kappa shape index (κ3) is 3.62. The molecule has 0 atom stereocenters. The molecule has 1 heterocycles. The zero-order chi connectivity index (χ0) is 14.2. The van der Waals surface area contributed by atoms with Crippen molar-refractivity contribution in [2.75, 3.05) is 0 Å². The number of hydrogen-bond acceptors (Lipinski definition) is 4. The van der Waals surface area contributed by atoms with Crippen molar-refractivity contribution in [1.82, 2.24) is 9.55 Å². The number of para-hydroxylation sites is 2. The van der Waals surface area contributed by atoms with Gasteiger partial charge < -0.3 is 9.12 Å². The number of fused-ring (bicyclic) bond motifs is 1. The molecule has 7 heteroatoms. The Bertz CT molecular complexity index is 860. The van der Waals surface area contributed by atoms with Gasteiger partial charge in [-0.1, -0.05) is 42.5 Å². The van der Waals surface area contributed by atoms with Gasteiger partial charge in [-0.3, -0.25) is 0 Å². The van der Waals surface area contributed by atoms with Gasteiger partial charge >= 0.3 is 51.4 Å². The van der Waals surface area contributed by atoms with Crippen LogP contribution in [0, 0.1) is 0 Å². The van der Waals surface area contributed by atoms with Crippen LogP contribution in [0.2, 0.25) is 0 Å². The molecule has 0 fully saturated rings. The Balaban J connectivity index is 0.00000161. The zero-order valence-electron chi connectivity index (χ0n) is 11.4. The van der Waals surface area contributed by atoms with Gasteiger partial charge in [0.1, 0.15) is 0 Å². The summed E-state index contributed by atoms with van der Waals surface area (Å²) < 4.78 is 35.6. The molecule has 0 N–H and O–H groups in total. The Hall–Kier alpha value is -0.544. The van der Waals surface area contributed by atoms with Crippen LogP contribution in [0.25, 0.3) is 11.0 Å². The van der Waals surface area contributed by atoms with Gasteiger partial charge in [0, 0.05) is 0 Å². The van der Waals surface area contributed by atoms with Crippen molar-refractivity contribution in [2.24, 2.45) is 0 Å². The molecule has 0 aliphatic carbocycles. The van der Waals surface area contributed by atoms with Crippen molar-refractivity contribution in [3.63, 3.8) is 0 Å². The number of hydrogen-bond donors (Lipinski definition) is 0. The fraction of sp³-hybridized carbons (Fsp3) is 0.0714. The van der Waals surface area contributed by atoms with Crippen LogP contribution in [-0.2, 0) is 16.7 Å². The van der Waals surface area contributed by atoms with E-state index in [-0.39, 0.29) is 57.9 Å². The SMILES string of the molecule is O=S(=O)([O-])c1nc2ccccc2n1Cc1ccccc1.[K+]. The van der Waals surface area contributed by atoms with Gasteiger partial charge in [0.05, 0.1) is 17.6 Å². The smallest absolute Gasteiger partial charge is 0.742 e. The molecule has 0 amide bonds. The molecule has 0 spiro atoms. The zero-order valence-corrected chi connectivity index (χ0v) is 15.4. The van der Waals surface area contributed by atoms with Crippen LogP contribution in [0.1, 0.15) is 5.56 Å². The second-order valence-electron chi connectivity index (χ2n) is 4.41. The fourth-order valence-corrected chi connectivity index (χ4v) is 2.81. The molecule has 0 unspecified atom stereocenters. The molecule has 0 bridgehead atoms. The maximum Gasteiger partial charge on any atom is 1.00 e. The van der Waals surface area contributed by atoms with E-state index in [9.17, 15) is 13.0 Å². The normalized spacial score (nSPS) is 11.3. The Kier molecular flexibility index (Phi) is 5.36. The molecule has 5 nitrogen and oxygen atoms in total. The van der Waals surface area contributed by atoms with Gasteiger partial charge in [-0.05, 0) is 17.7 Å². The van der Waals surface area contributed by atoms with Crippen LogP contribution in [0.15, 0.2) is 59.8 Å². The summed E-state index contributed by atoms with van der Waals surface area (Å²) >= 11 is 0. The quantitative estimate of drug-likeness (QED) is 0.457. The van der Waals surface area contributed by atoms with Gasteiger partial charge in [0.25, 0.3) is 0 Å². The Labute approximate surface area is 165 Å². The third-order valence-electron chi connectivity index (χ3n) is 3.03. The van der Waals surface area contributed by atoms with E-state index in [1.165, 1.54) is 4.57 Å². The van der Waals surface area contributed by atoms with Gasteiger partial charge in [0.2, 0.25) is 5.16 Å². The summed E-state index contributed by atoms with van der Waals surface area (Å²) in [4.78, 5) is 3.94. The van der Waals surface area contributed by atoms with E-state index in [4.69, 9.17) is 0 Å². The Morgan fingerprint density at radius 2 is 1.62 bits per heavy atom. The standard InChI is InChI=1S/C14H12N2O3S.K/c17-20(18,19)14-15-12-8-4-5-9-13(12)16(14)10-11-6-2-1-3-7-11;/h1-9H,10H2,(H,17,18,19);/q;+1/p-1. The van der Waals surface area contributed by atoms with Gasteiger partial charge in [-0.15, -0.1) is 0 Å². The van der Waals surface area contributed by atoms with Crippen molar-refractivity contribution in [3.05, 3.63) is 60.2 Å². The summed E-state index contributed by atoms with van der Waals surface area (Å²) in [5, 5.41) is -0.442. The molecule has 3 aromatic rings. The second kappa shape index (κ2) is 6.70. The maximum atomic E-state index is 11.4. The molecule has 0 aliphatic rings. The fourth-order valence-electron chi connectivity index (χ4n) is 2.16. The topological polar surface area (TPSA) is 75.0 Å². The van der Waals surface area contributed by atoms with Crippen molar-refractivity contribution >= 4 is 21.2 Å². The largest absolute Gasteiger partial charge is 1.00 e. The summed E-state index contributed by atoms with van der Waals surface area (Å²) in [6.45, 7) is 0.290. The summed E-state index contributed by atoms with van der Waals surface area (Å²) in [6.07, 6.45) is 0. The number of aromatic nitrogens is 2. The van der Waals surface area contributed by atoms with Crippen LogP contribution >= 0.6 is 0 Å². The third-order valence-corrected chi connectivity index (χ3v) is 3.79. The van der Waals surface area contributed by atoms with Crippen molar-refractivity contribution in [1.29, 1.82) is 0 Å². The van der Waals surface area contributed by atoms with Crippen LogP contribution in [0.5, 0.6) is 0 Å². The van der Waals surface area contributed by atoms with E-state index < -0.39 is 15.3 Å². The van der Waals surface area contributed by atoms with E-state index >= 15 is 0 Å². The monoisotopic (exact) mass is 326 g/mol. The summed E-state index contributed by atoms with van der Waals surface area (Å²) in [5.41, 5.74) is 2.03. The molecular weight excluding hydrogens is 315 g/mol. The maximum absolute atomic E-state index is 11.4. The summed E-state index contributed by atoms with van der Waals surface area (Å²) in [5.74, 6) is 0. The summed E-state index contributed by atoms with van der Waals surface area (Å²) in [6, 6.07) is 16.3. The average Bonchev–Trinajstić information content (AvgIpc) is 2.79. The molecule has 0 saturated heterocycles. The Morgan fingerprint density at radius 1 is 1.00 bits per heavy atom. The van der Waals surface area contributed by atoms with E-state index in [1.807, 2.05) is 30.3 Å². The van der Waals surface area contributed by atoms with E-state index in [0.717, 1.165) is 5.56 Å². The van der Waals surface area contributed by atoms with Gasteiger partial charge in [-0.2, -0.15) is 0 Å². The molecule has 0 radical (unpaired) electrons. The molecule has 0 saturated carbocycles. The minimum Gasteiger partial charge on any atom is -0.742 e. The Morgan fingerprint density at radius 3 is 2.29 bits per heavy atom. The van der Waals surface area contributed by atoms with Crippen LogP contribution in [-0.4, -0.2) is 22.5 Å². The van der Waals surface area contributed by atoms with E-state index in [2.05, 4.69) is 4.98 Å². The summed E-state index contributed by atoms with van der Waals surface area (Å²) in [7, 11) is -4.61. The number of nitrogens with zero attached hydrogens (tertiary/aromatic N) is 2. The predicted octanol–water partition coefficient (Wildman–Crippen LogP) is -1.01. The van der Waals surface area contributed by atoms with Crippen molar-refractivity contribution in [2.45, 2.75) is 11.7 Å². The number of imidazole rings is 1. The number of rotatable bonds is 3. The molecular formula is C14H11KN2O3S. The predicted molar refractivity (Wildman–Crippen MR) is 73.2 cm³/mol. The van der Waals surface area contributed by atoms with Gasteiger partial charge in [0.15, 0.2) is 10.1 Å². The second-order valence-corrected chi connectivity index (χ2v) is 5.68. The average molecular weight is 326 g/mol. The van der Waals surface area contributed by atoms with Crippen LogP contribution < -0.4 is 51.4 Å². The minimum absolute atomic E-state index is 0. The molecule has 0 aliphatic heterocycles. The van der Waals surface area contributed by atoms with Crippen molar-refractivity contribution < 1.29 is 64.4 Å². The van der Waals surface area contributed by atoms with Crippen LogP contribution in [0.3, 0.4) is 0 Å². The van der Waals surface area contributed by atoms with E-state index in [1.54, 1.807) is 24.3 Å². The first kappa shape index (κ1) is 16.8. The van der Waals surface area contributed by atoms with Gasteiger partial charge in [-0.25, -0.2) is 13.4 Å². The van der Waals surface area contributed by atoms with Crippen molar-refractivity contribution in [3.8, 4) is 0 Å². The molecule has 3 rings (SSSR count). The first-order chi connectivity index (χ1) is 9.55. The number of benzene rings is 2. The first-order valence-electron chi connectivity index (χ1n) is 6.01. The molecule has 102 valence electrons. The molecule has 21 heavy (non-hydrogen) atoms. The molecule has 2 aromatic carbocycles. The van der Waals surface area contributed by atoms with Crippen LogP contribution in [0.4, 0.5) is 0 Å².